The van der Waals surface area contributed by atoms with Gasteiger partial charge in [0, 0.05) is 30.5 Å². The molecule has 0 unspecified atom stereocenters. The molecule has 0 aliphatic rings. The van der Waals surface area contributed by atoms with Crippen LogP contribution < -0.4 is 0 Å². The van der Waals surface area contributed by atoms with Gasteiger partial charge in [-0.2, -0.15) is 8.78 Å². The molecule has 4 nitrogen and oxygen atoms in total. The number of rotatable bonds is 5. The molecule has 0 saturated carbocycles. The maximum absolute atomic E-state index is 12.8. The number of benzene rings is 1. The van der Waals surface area contributed by atoms with Gasteiger partial charge in [-0.15, -0.1) is 0 Å². The van der Waals surface area contributed by atoms with E-state index in [4.69, 9.17) is 0 Å². The molecule has 0 atom stereocenters. The normalized spacial score (nSPS) is 11.3. The summed E-state index contributed by atoms with van der Waals surface area (Å²) in [5, 5.41) is 0.745. The van der Waals surface area contributed by atoms with E-state index in [9.17, 15) is 8.78 Å². The largest absolute Gasteiger partial charge is 0.319 e. The highest BCUT2D eigenvalue weighted by Gasteiger charge is 2.13. The lowest BCUT2D eigenvalue weighted by molar-refractivity contribution is 0.0678. The van der Waals surface area contributed by atoms with Crippen molar-refractivity contribution in [3.05, 3.63) is 60.4 Å². The topological polar surface area (TPSA) is 35.6 Å². The van der Waals surface area contributed by atoms with Gasteiger partial charge in [-0.05, 0) is 24.6 Å². The molecule has 2 heterocycles. The number of hydrogen-bond donors (Lipinski definition) is 0. The second-order valence-electron chi connectivity index (χ2n) is 4.74. The first-order valence-electron chi connectivity index (χ1n) is 6.68. The summed E-state index contributed by atoms with van der Waals surface area (Å²) in [4.78, 5) is 8.28. The Morgan fingerprint density at radius 1 is 1.18 bits per heavy atom. The Bertz CT molecular complexity index is 766. The number of halogens is 2. The molecule has 22 heavy (non-hydrogen) atoms. The van der Waals surface area contributed by atoms with Crippen LogP contribution in [0.1, 0.15) is 17.9 Å². The van der Waals surface area contributed by atoms with E-state index >= 15 is 0 Å². The van der Waals surface area contributed by atoms with E-state index in [1.165, 1.54) is 24.2 Å². The maximum atomic E-state index is 12.8. The van der Waals surface area contributed by atoms with Crippen LogP contribution in [0.25, 0.3) is 5.69 Å². The van der Waals surface area contributed by atoms with E-state index in [1.54, 1.807) is 6.20 Å². The third-order valence-electron chi connectivity index (χ3n) is 3.18. The average molecular weight is 320 g/mol. The van der Waals surface area contributed by atoms with E-state index < -0.39 is 6.55 Å². The fraction of sp³-hybridized carbons (Fsp3) is 0.200. The summed E-state index contributed by atoms with van der Waals surface area (Å²) >= 11 is 1.38. The third-order valence-corrected chi connectivity index (χ3v) is 4.14. The van der Waals surface area contributed by atoms with E-state index in [-0.39, 0.29) is 0 Å². The number of alkyl halides is 2. The van der Waals surface area contributed by atoms with Gasteiger partial charge in [0.25, 0.3) is 0 Å². The number of aryl methyl sites for hydroxylation is 1. The number of hydrogen-bond acceptors (Lipinski definition) is 3. The van der Waals surface area contributed by atoms with Gasteiger partial charge in [0.05, 0.1) is 5.75 Å². The summed E-state index contributed by atoms with van der Waals surface area (Å²) in [6, 6.07) is 8.03. The van der Waals surface area contributed by atoms with Crippen molar-refractivity contribution in [3.8, 4) is 5.69 Å². The highest BCUT2D eigenvalue weighted by Crippen LogP contribution is 2.25. The molecule has 3 rings (SSSR count). The van der Waals surface area contributed by atoms with Crippen molar-refractivity contribution in [3.63, 3.8) is 0 Å². The van der Waals surface area contributed by atoms with Crippen LogP contribution >= 0.6 is 11.8 Å². The molecule has 3 aromatic rings. The smallest absolute Gasteiger partial charge is 0.295 e. The second-order valence-corrected chi connectivity index (χ2v) is 5.68. The van der Waals surface area contributed by atoms with Crippen molar-refractivity contribution in [2.75, 3.05) is 0 Å². The summed E-state index contributed by atoms with van der Waals surface area (Å²) in [7, 11) is 0. The molecule has 0 amide bonds. The molecule has 2 aromatic heterocycles. The zero-order valence-corrected chi connectivity index (χ0v) is 12.7. The minimum absolute atomic E-state index is 0.332. The first-order chi connectivity index (χ1) is 10.6. The lowest BCUT2D eigenvalue weighted by Gasteiger charge is -2.09. The van der Waals surface area contributed by atoms with E-state index in [2.05, 4.69) is 9.97 Å². The van der Waals surface area contributed by atoms with Gasteiger partial charge in [0.2, 0.25) is 0 Å². The van der Waals surface area contributed by atoms with Crippen molar-refractivity contribution in [2.45, 2.75) is 24.4 Å². The number of aromatic nitrogens is 4. The molecule has 0 spiro atoms. The van der Waals surface area contributed by atoms with Crippen LogP contribution in [0.2, 0.25) is 0 Å². The Morgan fingerprint density at radius 2 is 2.00 bits per heavy atom. The Balaban J connectivity index is 1.80. The molecule has 0 bridgehead atoms. The first kappa shape index (κ1) is 14.8. The fourth-order valence-electron chi connectivity index (χ4n) is 2.13. The van der Waals surface area contributed by atoms with Crippen molar-refractivity contribution < 1.29 is 8.78 Å². The highest BCUT2D eigenvalue weighted by atomic mass is 32.2. The average Bonchev–Trinajstić information content (AvgIpc) is 3.14. The van der Waals surface area contributed by atoms with Crippen LogP contribution in [0.3, 0.4) is 0 Å². The molecule has 0 radical (unpaired) electrons. The van der Waals surface area contributed by atoms with Crippen LogP contribution in [0.4, 0.5) is 8.78 Å². The highest BCUT2D eigenvalue weighted by molar-refractivity contribution is 7.98. The summed E-state index contributed by atoms with van der Waals surface area (Å²) in [5.74, 6) is 0.666. The van der Waals surface area contributed by atoms with E-state index in [0.29, 0.717) is 11.6 Å². The molecule has 0 aliphatic carbocycles. The van der Waals surface area contributed by atoms with Gasteiger partial charge in [-0.1, -0.05) is 23.9 Å². The third kappa shape index (κ3) is 3.04. The van der Waals surface area contributed by atoms with Crippen molar-refractivity contribution in [1.82, 2.24) is 19.1 Å². The van der Waals surface area contributed by atoms with Gasteiger partial charge in [0.1, 0.15) is 5.82 Å². The molecule has 114 valence electrons. The van der Waals surface area contributed by atoms with Crippen molar-refractivity contribution in [2.24, 2.45) is 0 Å². The summed E-state index contributed by atoms with van der Waals surface area (Å²) in [5.41, 5.74) is 2.15. The number of imidazole rings is 2. The molecular weight excluding hydrogens is 306 g/mol. The molecule has 0 aliphatic heterocycles. The SMILES string of the molecule is Cc1cccc(-n2ccnc2SCc2nccn2C(F)F)c1. The lowest BCUT2D eigenvalue weighted by atomic mass is 10.2. The zero-order valence-electron chi connectivity index (χ0n) is 11.9. The molecule has 1 aromatic carbocycles. The van der Waals surface area contributed by atoms with Crippen LogP contribution in [0.15, 0.2) is 54.2 Å². The van der Waals surface area contributed by atoms with Crippen LogP contribution in [-0.2, 0) is 5.75 Å². The lowest BCUT2D eigenvalue weighted by Crippen LogP contribution is -2.03. The number of thioether (sulfide) groups is 1. The van der Waals surface area contributed by atoms with Gasteiger partial charge in [0.15, 0.2) is 5.16 Å². The second kappa shape index (κ2) is 6.31. The molecule has 0 N–H and O–H groups in total. The predicted molar refractivity (Wildman–Crippen MR) is 81.3 cm³/mol. The van der Waals surface area contributed by atoms with Gasteiger partial charge in [-0.25, -0.2) is 9.97 Å². The van der Waals surface area contributed by atoms with Gasteiger partial charge < -0.3 is 0 Å². The standard InChI is InChI=1S/C15H14F2N4S/c1-11-3-2-4-12(9-11)20-7-6-19-15(20)22-10-13-18-5-8-21(13)14(16)17/h2-9,14H,10H2,1H3. The minimum Gasteiger partial charge on any atom is -0.295 e. The van der Waals surface area contributed by atoms with Gasteiger partial charge in [-0.3, -0.25) is 9.13 Å². The molecular formula is C15H14F2N4S. The number of nitrogens with zero attached hydrogens (tertiary/aromatic N) is 4. The van der Waals surface area contributed by atoms with Crippen LogP contribution in [0.5, 0.6) is 0 Å². The summed E-state index contributed by atoms with van der Waals surface area (Å²) < 4.78 is 28.4. The molecule has 0 saturated heterocycles. The summed E-state index contributed by atoms with van der Waals surface area (Å²) in [6.07, 6.45) is 6.23. The zero-order chi connectivity index (χ0) is 15.5. The summed E-state index contributed by atoms with van der Waals surface area (Å²) in [6.45, 7) is -0.554. The molecule has 0 fully saturated rings. The minimum atomic E-state index is -2.57. The Hall–Kier alpha value is -2.15. The Kier molecular flexibility index (Phi) is 4.24. The van der Waals surface area contributed by atoms with Crippen molar-refractivity contribution >= 4 is 11.8 Å². The Morgan fingerprint density at radius 3 is 2.77 bits per heavy atom. The fourth-order valence-corrected chi connectivity index (χ4v) is 3.06. The van der Waals surface area contributed by atoms with Gasteiger partial charge >= 0.3 is 6.55 Å². The quantitative estimate of drug-likeness (QED) is 0.665. The Labute approximate surface area is 130 Å². The van der Waals surface area contributed by atoms with E-state index in [0.717, 1.165) is 21.0 Å². The molecule has 7 heteroatoms. The first-order valence-corrected chi connectivity index (χ1v) is 7.67. The predicted octanol–water partition coefficient (Wildman–Crippen LogP) is 4.06. The monoisotopic (exact) mass is 320 g/mol. The van der Waals surface area contributed by atoms with E-state index in [1.807, 2.05) is 42.0 Å². The van der Waals surface area contributed by atoms with Crippen molar-refractivity contribution in [1.29, 1.82) is 0 Å². The maximum Gasteiger partial charge on any atom is 0.319 e. The van der Waals surface area contributed by atoms with Crippen LogP contribution in [-0.4, -0.2) is 19.1 Å². The van der Waals surface area contributed by atoms with Crippen LogP contribution in [0, 0.1) is 6.92 Å².